The van der Waals surface area contributed by atoms with Crippen molar-refractivity contribution in [3.05, 3.63) is 70.7 Å². The second-order valence-corrected chi connectivity index (χ2v) is 9.09. The summed E-state index contributed by atoms with van der Waals surface area (Å²) in [5.41, 5.74) is 2.85. The van der Waals surface area contributed by atoms with E-state index in [2.05, 4.69) is 4.98 Å². The molecule has 5 nitrogen and oxygen atoms in total. The van der Waals surface area contributed by atoms with Gasteiger partial charge in [0.2, 0.25) is 0 Å². The Morgan fingerprint density at radius 3 is 2.52 bits per heavy atom. The molecular formula is C20H19NO4S2. The molecule has 2 aromatic carbocycles. The lowest BCUT2D eigenvalue weighted by atomic mass is 10.2. The Kier molecular flexibility index (Phi) is 5.72. The number of thiazole rings is 1. The summed E-state index contributed by atoms with van der Waals surface area (Å²) in [7, 11) is -3.51. The van der Waals surface area contributed by atoms with Crippen molar-refractivity contribution in [2.75, 3.05) is 5.75 Å². The number of hydrogen-bond donors (Lipinski definition) is 0. The first-order valence-corrected chi connectivity index (χ1v) is 10.9. The van der Waals surface area contributed by atoms with Crippen LogP contribution in [0, 0.1) is 6.92 Å². The fourth-order valence-corrected chi connectivity index (χ4v) is 4.38. The van der Waals surface area contributed by atoms with Crippen molar-refractivity contribution in [3.63, 3.8) is 0 Å². The highest BCUT2D eigenvalue weighted by molar-refractivity contribution is 7.91. The molecule has 7 heteroatoms. The second kappa shape index (κ2) is 8.02. The van der Waals surface area contributed by atoms with Gasteiger partial charge in [-0.3, -0.25) is 0 Å². The number of nitrogens with zero attached hydrogens (tertiary/aromatic N) is 1. The third-order valence-electron chi connectivity index (χ3n) is 4.02. The van der Waals surface area contributed by atoms with Crippen LogP contribution in [0.25, 0.3) is 10.6 Å². The Bertz CT molecular complexity index is 1050. The lowest BCUT2D eigenvalue weighted by Gasteiger charge is -2.08. The zero-order valence-electron chi connectivity index (χ0n) is 15.0. The van der Waals surface area contributed by atoms with E-state index in [0.29, 0.717) is 5.69 Å². The van der Waals surface area contributed by atoms with Gasteiger partial charge in [0, 0.05) is 10.9 Å². The Balaban J connectivity index is 1.73. The van der Waals surface area contributed by atoms with Gasteiger partial charge in [0.05, 0.1) is 21.9 Å². The van der Waals surface area contributed by atoms with Gasteiger partial charge in [-0.25, -0.2) is 18.2 Å². The van der Waals surface area contributed by atoms with Crippen LogP contribution in [0.15, 0.2) is 58.8 Å². The first-order valence-electron chi connectivity index (χ1n) is 8.41. The molecule has 140 valence electrons. The van der Waals surface area contributed by atoms with Crippen molar-refractivity contribution in [2.45, 2.75) is 25.3 Å². The minimum Gasteiger partial charge on any atom is -0.456 e. The van der Waals surface area contributed by atoms with Crippen LogP contribution in [0.3, 0.4) is 0 Å². The van der Waals surface area contributed by atoms with Gasteiger partial charge in [0.25, 0.3) is 0 Å². The molecule has 0 aliphatic rings. The van der Waals surface area contributed by atoms with E-state index in [1.807, 2.05) is 36.6 Å². The van der Waals surface area contributed by atoms with E-state index in [4.69, 9.17) is 4.74 Å². The topological polar surface area (TPSA) is 73.3 Å². The standard InChI is InChI=1S/C20H19NO4S2/c1-3-27(23,24)18-7-5-4-6-17(18)20(22)25-12-16-13-26-19(21-16)15-10-8-14(2)9-11-15/h4-11,13H,3,12H2,1-2H3. The normalized spacial score (nSPS) is 11.3. The van der Waals surface area contributed by atoms with Gasteiger partial charge >= 0.3 is 5.97 Å². The average molecular weight is 402 g/mol. The number of carbonyl (C=O) groups excluding carboxylic acids is 1. The fourth-order valence-electron chi connectivity index (χ4n) is 2.48. The number of benzene rings is 2. The summed E-state index contributed by atoms with van der Waals surface area (Å²) >= 11 is 1.47. The lowest BCUT2D eigenvalue weighted by Crippen LogP contribution is -2.13. The highest BCUT2D eigenvalue weighted by Gasteiger charge is 2.21. The first kappa shape index (κ1) is 19.3. The molecule has 0 spiro atoms. The van der Waals surface area contributed by atoms with Crippen LogP contribution in [-0.4, -0.2) is 25.1 Å². The van der Waals surface area contributed by atoms with Gasteiger partial charge < -0.3 is 4.74 Å². The molecule has 27 heavy (non-hydrogen) atoms. The van der Waals surface area contributed by atoms with Gasteiger partial charge in [-0.15, -0.1) is 11.3 Å². The van der Waals surface area contributed by atoms with Crippen LogP contribution in [0.5, 0.6) is 0 Å². The lowest BCUT2D eigenvalue weighted by molar-refractivity contribution is 0.0464. The summed E-state index contributed by atoms with van der Waals surface area (Å²) in [5, 5.41) is 2.67. The third kappa shape index (κ3) is 4.43. The largest absolute Gasteiger partial charge is 0.456 e. The van der Waals surface area contributed by atoms with Crippen molar-refractivity contribution in [3.8, 4) is 10.6 Å². The van der Waals surface area contributed by atoms with Gasteiger partial charge in [0.1, 0.15) is 11.6 Å². The summed E-state index contributed by atoms with van der Waals surface area (Å²) in [6.45, 7) is 3.55. The molecule has 0 atom stereocenters. The maximum Gasteiger partial charge on any atom is 0.339 e. The molecule has 0 amide bonds. The van der Waals surface area contributed by atoms with Crippen molar-refractivity contribution in [1.29, 1.82) is 0 Å². The van der Waals surface area contributed by atoms with Crippen LogP contribution in [0.2, 0.25) is 0 Å². The van der Waals surface area contributed by atoms with Crippen molar-refractivity contribution in [1.82, 2.24) is 4.98 Å². The molecule has 1 aromatic heterocycles. The van der Waals surface area contributed by atoms with Crippen molar-refractivity contribution < 1.29 is 17.9 Å². The smallest absolute Gasteiger partial charge is 0.339 e. The fraction of sp³-hybridized carbons (Fsp3) is 0.200. The predicted octanol–water partition coefficient (Wildman–Crippen LogP) is 4.27. The molecule has 0 N–H and O–H groups in total. The molecule has 0 saturated carbocycles. The molecule has 1 heterocycles. The molecule has 3 rings (SSSR count). The maximum absolute atomic E-state index is 12.4. The highest BCUT2D eigenvalue weighted by atomic mass is 32.2. The monoisotopic (exact) mass is 401 g/mol. The number of aryl methyl sites for hydroxylation is 1. The summed E-state index contributed by atoms with van der Waals surface area (Å²) < 4.78 is 29.6. The number of ether oxygens (including phenoxy) is 1. The van der Waals surface area contributed by atoms with Crippen molar-refractivity contribution >= 4 is 27.1 Å². The number of carbonyl (C=O) groups is 1. The van der Waals surface area contributed by atoms with Gasteiger partial charge in [-0.1, -0.05) is 48.9 Å². The van der Waals surface area contributed by atoms with E-state index in [-0.39, 0.29) is 22.8 Å². The van der Waals surface area contributed by atoms with E-state index < -0.39 is 15.8 Å². The molecule has 0 radical (unpaired) electrons. The van der Waals surface area contributed by atoms with E-state index in [1.54, 1.807) is 19.1 Å². The summed E-state index contributed by atoms with van der Waals surface area (Å²) in [6.07, 6.45) is 0. The van der Waals surface area contributed by atoms with Crippen LogP contribution >= 0.6 is 11.3 Å². The molecule has 3 aromatic rings. The van der Waals surface area contributed by atoms with E-state index in [9.17, 15) is 13.2 Å². The highest BCUT2D eigenvalue weighted by Crippen LogP contribution is 2.25. The van der Waals surface area contributed by atoms with E-state index in [0.717, 1.165) is 10.6 Å². The molecule has 0 saturated heterocycles. The van der Waals surface area contributed by atoms with Gasteiger partial charge in [-0.05, 0) is 19.1 Å². The van der Waals surface area contributed by atoms with Gasteiger partial charge in [0.15, 0.2) is 9.84 Å². The minimum atomic E-state index is -3.51. The number of hydrogen-bond acceptors (Lipinski definition) is 6. The van der Waals surface area contributed by atoms with Crippen LogP contribution in [0.4, 0.5) is 0 Å². The average Bonchev–Trinajstić information content (AvgIpc) is 3.15. The zero-order valence-corrected chi connectivity index (χ0v) is 16.6. The minimum absolute atomic E-state index is 0.00359. The Morgan fingerprint density at radius 1 is 1.11 bits per heavy atom. The number of sulfone groups is 1. The van der Waals surface area contributed by atoms with Crippen molar-refractivity contribution in [2.24, 2.45) is 0 Å². The zero-order chi connectivity index (χ0) is 19.4. The molecule has 0 unspecified atom stereocenters. The molecule has 0 bridgehead atoms. The maximum atomic E-state index is 12.4. The SMILES string of the molecule is CCS(=O)(=O)c1ccccc1C(=O)OCc1csc(-c2ccc(C)cc2)n1. The first-order chi connectivity index (χ1) is 12.9. The molecule has 0 aliphatic carbocycles. The summed E-state index contributed by atoms with van der Waals surface area (Å²) in [6, 6.07) is 14.1. The molecular weight excluding hydrogens is 382 g/mol. The van der Waals surface area contributed by atoms with Crippen LogP contribution < -0.4 is 0 Å². The predicted molar refractivity (Wildman–Crippen MR) is 106 cm³/mol. The Hall–Kier alpha value is -2.51. The number of rotatable bonds is 6. The van der Waals surface area contributed by atoms with E-state index in [1.165, 1.54) is 29.0 Å². The quantitative estimate of drug-likeness (QED) is 0.577. The van der Waals surface area contributed by atoms with Crippen LogP contribution in [0.1, 0.15) is 28.5 Å². The molecule has 0 fully saturated rings. The number of aromatic nitrogens is 1. The Morgan fingerprint density at radius 2 is 1.81 bits per heavy atom. The summed E-state index contributed by atoms with van der Waals surface area (Å²) in [4.78, 5) is 16.9. The molecule has 0 aliphatic heterocycles. The number of esters is 1. The second-order valence-electron chi connectivity index (χ2n) is 5.99. The summed E-state index contributed by atoms with van der Waals surface area (Å²) in [5.74, 6) is -0.754. The Labute approximate surface area is 162 Å². The van der Waals surface area contributed by atoms with Crippen LogP contribution in [-0.2, 0) is 21.2 Å². The third-order valence-corrected chi connectivity index (χ3v) is 6.75. The van der Waals surface area contributed by atoms with Gasteiger partial charge in [-0.2, -0.15) is 0 Å². The van der Waals surface area contributed by atoms with E-state index >= 15 is 0 Å².